The highest BCUT2D eigenvalue weighted by Gasteiger charge is 2.31. The predicted molar refractivity (Wildman–Crippen MR) is 49.7 cm³/mol. The number of imidazole rings is 1. The first-order chi connectivity index (χ1) is 6.72. The van der Waals surface area contributed by atoms with Crippen molar-refractivity contribution < 1.29 is 9.90 Å². The lowest BCUT2D eigenvalue weighted by Crippen LogP contribution is -2.51. The number of aliphatic hydroxyl groups excluding tert-OH is 1. The van der Waals surface area contributed by atoms with Gasteiger partial charge in [0.05, 0.1) is 12.5 Å². The molecule has 0 bridgehead atoms. The van der Waals surface area contributed by atoms with E-state index in [1.54, 1.807) is 29.0 Å². The van der Waals surface area contributed by atoms with Gasteiger partial charge in [0.25, 0.3) is 5.91 Å². The molecule has 0 saturated carbocycles. The van der Waals surface area contributed by atoms with Crippen LogP contribution in [-0.4, -0.2) is 45.2 Å². The summed E-state index contributed by atoms with van der Waals surface area (Å²) in [5, 5.41) is 8.82. The zero-order chi connectivity index (χ0) is 10.1. The first-order valence-electron chi connectivity index (χ1n) is 4.59. The van der Waals surface area contributed by atoms with Gasteiger partial charge >= 0.3 is 0 Å². The molecular weight excluding hydrogens is 182 g/mol. The SMILES string of the molecule is Cn1cncc1C(=O)N1CC(CO)C1. The average molecular weight is 195 g/mol. The van der Waals surface area contributed by atoms with E-state index >= 15 is 0 Å². The first kappa shape index (κ1) is 9.21. The second-order valence-electron chi connectivity index (χ2n) is 3.65. The van der Waals surface area contributed by atoms with Crippen molar-refractivity contribution in [3.05, 3.63) is 18.2 Å². The largest absolute Gasteiger partial charge is 0.396 e. The Morgan fingerprint density at radius 2 is 2.43 bits per heavy atom. The van der Waals surface area contributed by atoms with Crippen LogP contribution in [0.4, 0.5) is 0 Å². The van der Waals surface area contributed by atoms with E-state index in [9.17, 15) is 4.79 Å². The third-order valence-corrected chi connectivity index (χ3v) is 2.54. The summed E-state index contributed by atoms with van der Waals surface area (Å²) in [6.07, 6.45) is 3.17. The summed E-state index contributed by atoms with van der Waals surface area (Å²) in [7, 11) is 1.80. The van der Waals surface area contributed by atoms with Gasteiger partial charge in [-0.15, -0.1) is 0 Å². The maximum absolute atomic E-state index is 11.8. The molecular formula is C9H13N3O2. The molecule has 0 spiro atoms. The van der Waals surface area contributed by atoms with Gasteiger partial charge in [0.2, 0.25) is 0 Å². The Bertz CT molecular complexity index is 342. The number of aryl methyl sites for hydroxylation is 1. The van der Waals surface area contributed by atoms with Crippen molar-refractivity contribution in [1.82, 2.24) is 14.5 Å². The quantitative estimate of drug-likeness (QED) is 0.691. The fourth-order valence-corrected chi connectivity index (χ4v) is 1.58. The van der Waals surface area contributed by atoms with E-state index in [4.69, 9.17) is 5.11 Å². The maximum atomic E-state index is 11.8. The molecule has 0 unspecified atom stereocenters. The van der Waals surface area contributed by atoms with E-state index in [0.717, 1.165) is 0 Å². The standard InChI is InChI=1S/C9H13N3O2/c1-11-6-10-2-8(11)9(14)12-3-7(4-12)5-13/h2,6-7,13H,3-5H2,1H3. The molecule has 1 fully saturated rings. The lowest BCUT2D eigenvalue weighted by molar-refractivity contribution is 0.0353. The minimum absolute atomic E-state index is 0.00491. The molecule has 1 N–H and O–H groups in total. The maximum Gasteiger partial charge on any atom is 0.272 e. The molecule has 0 aliphatic carbocycles. The number of amides is 1. The summed E-state index contributed by atoms with van der Waals surface area (Å²) in [5.41, 5.74) is 0.599. The third kappa shape index (κ3) is 1.39. The molecule has 0 radical (unpaired) electrons. The molecule has 2 heterocycles. The molecule has 1 aromatic heterocycles. The van der Waals surface area contributed by atoms with Crippen molar-refractivity contribution in [3.63, 3.8) is 0 Å². The van der Waals surface area contributed by atoms with Gasteiger partial charge in [-0.1, -0.05) is 0 Å². The number of rotatable bonds is 2. The summed E-state index contributed by atoms with van der Waals surface area (Å²) in [6, 6.07) is 0. The predicted octanol–water partition coefficient (Wildman–Crippen LogP) is -0.516. The Morgan fingerprint density at radius 3 is 2.93 bits per heavy atom. The highest BCUT2D eigenvalue weighted by molar-refractivity contribution is 5.92. The van der Waals surface area contributed by atoms with Crippen molar-refractivity contribution in [2.24, 2.45) is 13.0 Å². The Balaban J connectivity index is 2.01. The van der Waals surface area contributed by atoms with E-state index in [1.165, 1.54) is 0 Å². The molecule has 1 saturated heterocycles. The van der Waals surface area contributed by atoms with Gasteiger partial charge in [-0.2, -0.15) is 0 Å². The van der Waals surface area contributed by atoms with E-state index in [-0.39, 0.29) is 18.4 Å². The highest BCUT2D eigenvalue weighted by atomic mass is 16.3. The van der Waals surface area contributed by atoms with Crippen LogP contribution in [0.25, 0.3) is 0 Å². The Morgan fingerprint density at radius 1 is 1.71 bits per heavy atom. The van der Waals surface area contributed by atoms with Crippen LogP contribution >= 0.6 is 0 Å². The number of hydrogen-bond acceptors (Lipinski definition) is 3. The van der Waals surface area contributed by atoms with Crippen molar-refractivity contribution in [2.45, 2.75) is 0 Å². The van der Waals surface area contributed by atoms with Crippen LogP contribution in [0.1, 0.15) is 10.5 Å². The average Bonchev–Trinajstić information content (AvgIpc) is 2.49. The van der Waals surface area contributed by atoms with Crippen LogP contribution in [-0.2, 0) is 7.05 Å². The van der Waals surface area contributed by atoms with Crippen molar-refractivity contribution in [3.8, 4) is 0 Å². The molecule has 0 atom stereocenters. The number of aliphatic hydroxyl groups is 1. The number of aromatic nitrogens is 2. The molecule has 1 aromatic rings. The summed E-state index contributed by atoms with van der Waals surface area (Å²) < 4.78 is 1.70. The van der Waals surface area contributed by atoms with Gasteiger partial charge in [-0.25, -0.2) is 4.98 Å². The topological polar surface area (TPSA) is 58.4 Å². The molecule has 0 aromatic carbocycles. The fourth-order valence-electron chi connectivity index (χ4n) is 1.58. The summed E-state index contributed by atoms with van der Waals surface area (Å²) in [6.45, 7) is 1.47. The van der Waals surface area contributed by atoms with Crippen LogP contribution < -0.4 is 0 Å². The Labute approximate surface area is 82.0 Å². The second kappa shape index (κ2) is 3.42. The van der Waals surface area contributed by atoms with E-state index in [2.05, 4.69) is 4.98 Å². The summed E-state index contributed by atoms with van der Waals surface area (Å²) in [4.78, 5) is 17.4. The van der Waals surface area contributed by atoms with Crippen molar-refractivity contribution >= 4 is 5.91 Å². The van der Waals surface area contributed by atoms with Gasteiger partial charge in [-0.05, 0) is 0 Å². The molecule has 1 aliphatic rings. The lowest BCUT2D eigenvalue weighted by atomic mass is 10.0. The molecule has 76 valence electrons. The molecule has 1 aliphatic heterocycles. The summed E-state index contributed by atoms with van der Waals surface area (Å²) in [5.74, 6) is 0.252. The lowest BCUT2D eigenvalue weighted by Gasteiger charge is -2.38. The number of hydrogen-bond donors (Lipinski definition) is 1. The molecule has 1 amide bonds. The highest BCUT2D eigenvalue weighted by Crippen LogP contribution is 2.17. The zero-order valence-electron chi connectivity index (χ0n) is 8.05. The molecule has 14 heavy (non-hydrogen) atoms. The number of carbonyl (C=O) groups excluding carboxylic acids is 1. The van der Waals surface area contributed by atoms with Gasteiger partial charge < -0.3 is 14.6 Å². The third-order valence-electron chi connectivity index (χ3n) is 2.54. The monoisotopic (exact) mass is 195 g/mol. The smallest absolute Gasteiger partial charge is 0.272 e. The van der Waals surface area contributed by atoms with E-state index < -0.39 is 0 Å². The van der Waals surface area contributed by atoms with Gasteiger partial charge in [0.1, 0.15) is 5.69 Å². The van der Waals surface area contributed by atoms with Crippen molar-refractivity contribution in [2.75, 3.05) is 19.7 Å². The molecule has 5 heteroatoms. The van der Waals surface area contributed by atoms with Crippen LogP contribution in [0, 0.1) is 5.92 Å². The van der Waals surface area contributed by atoms with Gasteiger partial charge in [0, 0.05) is 32.7 Å². The van der Waals surface area contributed by atoms with Crippen LogP contribution in [0.5, 0.6) is 0 Å². The molecule has 2 rings (SSSR count). The Kier molecular flexibility index (Phi) is 2.25. The number of nitrogens with zero attached hydrogens (tertiary/aromatic N) is 3. The fraction of sp³-hybridized carbons (Fsp3) is 0.556. The van der Waals surface area contributed by atoms with Gasteiger partial charge in [0.15, 0.2) is 0 Å². The first-order valence-corrected chi connectivity index (χ1v) is 4.59. The van der Waals surface area contributed by atoms with Crippen LogP contribution in [0.2, 0.25) is 0 Å². The minimum atomic E-state index is -0.00491. The van der Waals surface area contributed by atoms with Gasteiger partial charge in [-0.3, -0.25) is 4.79 Å². The minimum Gasteiger partial charge on any atom is -0.396 e. The normalized spacial score (nSPS) is 16.9. The Hall–Kier alpha value is -1.36. The van der Waals surface area contributed by atoms with Crippen LogP contribution in [0.3, 0.4) is 0 Å². The number of carbonyl (C=O) groups is 1. The second-order valence-corrected chi connectivity index (χ2v) is 3.65. The van der Waals surface area contributed by atoms with E-state index in [0.29, 0.717) is 18.8 Å². The zero-order valence-corrected chi connectivity index (χ0v) is 8.05. The van der Waals surface area contributed by atoms with Crippen LogP contribution in [0.15, 0.2) is 12.5 Å². The summed E-state index contributed by atoms with van der Waals surface area (Å²) >= 11 is 0. The van der Waals surface area contributed by atoms with Crippen molar-refractivity contribution in [1.29, 1.82) is 0 Å². The number of likely N-dealkylation sites (tertiary alicyclic amines) is 1. The van der Waals surface area contributed by atoms with E-state index in [1.807, 2.05) is 0 Å². The molecule has 5 nitrogen and oxygen atoms in total.